The van der Waals surface area contributed by atoms with E-state index in [0.29, 0.717) is 23.7 Å². The molecule has 5 N–H and O–H groups in total. The van der Waals surface area contributed by atoms with E-state index in [1.807, 2.05) is 6.20 Å². The lowest BCUT2D eigenvalue weighted by atomic mass is 9.81. The van der Waals surface area contributed by atoms with Crippen molar-refractivity contribution >= 4 is 22.8 Å². The molecular weight excluding hydrogens is 372 g/mol. The SMILES string of the molecule is Nc1nn2ccnc2c(Nc2ccc(C3CCCCC3)cc2)c1[C@H]1CC[C@H](N)CC1. The number of hydrogen-bond donors (Lipinski definition) is 3. The van der Waals surface area contributed by atoms with Crippen molar-refractivity contribution in [3.63, 3.8) is 0 Å². The number of benzene rings is 1. The fraction of sp³-hybridized carbons (Fsp3) is 0.500. The van der Waals surface area contributed by atoms with Crippen LogP contribution in [0, 0.1) is 0 Å². The molecule has 2 heterocycles. The van der Waals surface area contributed by atoms with E-state index in [0.717, 1.165) is 48.3 Å². The molecule has 0 bridgehead atoms. The first-order valence-electron chi connectivity index (χ1n) is 11.4. The zero-order valence-corrected chi connectivity index (χ0v) is 17.6. The lowest BCUT2D eigenvalue weighted by Gasteiger charge is -2.29. The van der Waals surface area contributed by atoms with Crippen molar-refractivity contribution < 1.29 is 0 Å². The number of nitrogens with one attached hydrogen (secondary N) is 1. The zero-order chi connectivity index (χ0) is 20.5. The van der Waals surface area contributed by atoms with E-state index in [2.05, 4.69) is 39.7 Å². The van der Waals surface area contributed by atoms with Crippen LogP contribution < -0.4 is 16.8 Å². The topological polar surface area (TPSA) is 94.3 Å². The van der Waals surface area contributed by atoms with E-state index in [1.165, 1.54) is 37.7 Å². The molecule has 0 radical (unpaired) electrons. The third-order valence-corrected chi connectivity index (χ3v) is 7.04. The van der Waals surface area contributed by atoms with Gasteiger partial charge >= 0.3 is 0 Å². The Balaban J connectivity index is 1.47. The second kappa shape index (κ2) is 8.26. The third kappa shape index (κ3) is 3.76. The van der Waals surface area contributed by atoms with Crippen LogP contribution in [0.15, 0.2) is 36.7 Å². The van der Waals surface area contributed by atoms with Crippen molar-refractivity contribution in [2.45, 2.75) is 75.7 Å². The van der Waals surface area contributed by atoms with Crippen LogP contribution in [-0.4, -0.2) is 20.6 Å². The van der Waals surface area contributed by atoms with Crippen LogP contribution in [0.5, 0.6) is 0 Å². The maximum absolute atomic E-state index is 6.46. The van der Waals surface area contributed by atoms with Crippen molar-refractivity contribution in [3.8, 4) is 0 Å². The van der Waals surface area contributed by atoms with Gasteiger partial charge < -0.3 is 16.8 Å². The molecule has 0 atom stereocenters. The van der Waals surface area contributed by atoms with Crippen LogP contribution in [0.3, 0.4) is 0 Å². The van der Waals surface area contributed by atoms with Gasteiger partial charge in [0.15, 0.2) is 5.65 Å². The van der Waals surface area contributed by atoms with Gasteiger partial charge in [0.05, 0.1) is 5.69 Å². The van der Waals surface area contributed by atoms with Gasteiger partial charge in [-0.05, 0) is 68.1 Å². The summed E-state index contributed by atoms with van der Waals surface area (Å²) in [5, 5.41) is 8.21. The standard InChI is InChI=1S/C24H32N6/c25-19-10-6-18(7-11-19)21-22(24-27-14-15-30(24)29-23(21)26)28-20-12-8-17(9-13-20)16-4-2-1-3-5-16/h8-9,12-16,18-19,28H,1-7,10-11,25H2,(H2,26,29)/t18-,19-. The van der Waals surface area contributed by atoms with E-state index < -0.39 is 0 Å². The largest absolute Gasteiger partial charge is 0.382 e. The summed E-state index contributed by atoms with van der Waals surface area (Å²) in [5.74, 6) is 1.66. The minimum Gasteiger partial charge on any atom is -0.382 e. The Kier molecular flexibility index (Phi) is 5.34. The number of rotatable bonds is 4. The molecule has 2 saturated carbocycles. The molecule has 1 aromatic carbocycles. The third-order valence-electron chi connectivity index (χ3n) is 7.04. The summed E-state index contributed by atoms with van der Waals surface area (Å²) in [7, 11) is 0. The summed E-state index contributed by atoms with van der Waals surface area (Å²) in [6, 6.07) is 9.26. The molecule has 0 aliphatic heterocycles. The Morgan fingerprint density at radius 1 is 0.900 bits per heavy atom. The highest BCUT2D eigenvalue weighted by atomic mass is 15.3. The van der Waals surface area contributed by atoms with Crippen LogP contribution >= 0.6 is 0 Å². The van der Waals surface area contributed by atoms with E-state index in [4.69, 9.17) is 11.5 Å². The van der Waals surface area contributed by atoms with Crippen LogP contribution in [0.1, 0.15) is 80.8 Å². The molecule has 6 heteroatoms. The molecule has 0 amide bonds. The van der Waals surface area contributed by atoms with E-state index in [1.54, 1.807) is 10.7 Å². The fourth-order valence-corrected chi connectivity index (χ4v) is 5.34. The van der Waals surface area contributed by atoms with Crippen molar-refractivity contribution in [2.24, 2.45) is 5.73 Å². The Morgan fingerprint density at radius 2 is 1.63 bits per heavy atom. The highest BCUT2D eigenvalue weighted by molar-refractivity contribution is 5.80. The van der Waals surface area contributed by atoms with Gasteiger partial charge in [0.2, 0.25) is 0 Å². The van der Waals surface area contributed by atoms with Crippen LogP contribution in [-0.2, 0) is 0 Å². The number of nitrogen functional groups attached to an aromatic ring is 1. The van der Waals surface area contributed by atoms with Gasteiger partial charge in [0.25, 0.3) is 0 Å². The molecule has 2 aliphatic rings. The summed E-state index contributed by atoms with van der Waals surface area (Å²) in [4.78, 5) is 4.58. The average Bonchev–Trinajstić information content (AvgIpc) is 3.24. The number of nitrogens with zero attached hydrogens (tertiary/aromatic N) is 3. The second-order valence-electron chi connectivity index (χ2n) is 9.06. The molecule has 5 rings (SSSR count). The number of hydrogen-bond acceptors (Lipinski definition) is 5. The number of imidazole rings is 1. The molecule has 2 aromatic heterocycles. The molecule has 2 aliphatic carbocycles. The lowest BCUT2D eigenvalue weighted by molar-refractivity contribution is 0.396. The molecule has 158 valence electrons. The zero-order valence-electron chi connectivity index (χ0n) is 17.6. The van der Waals surface area contributed by atoms with Crippen molar-refractivity contribution in [1.29, 1.82) is 0 Å². The maximum atomic E-state index is 6.46. The minimum absolute atomic E-state index is 0.300. The van der Waals surface area contributed by atoms with Gasteiger partial charge in [-0.2, -0.15) is 0 Å². The Bertz CT molecular complexity index is 994. The smallest absolute Gasteiger partial charge is 0.177 e. The van der Waals surface area contributed by atoms with Gasteiger partial charge in [-0.1, -0.05) is 31.4 Å². The molecule has 30 heavy (non-hydrogen) atoms. The minimum atomic E-state index is 0.300. The summed E-state index contributed by atoms with van der Waals surface area (Å²) in [6.45, 7) is 0. The van der Waals surface area contributed by atoms with Crippen LogP contribution in [0.25, 0.3) is 5.65 Å². The normalized spacial score (nSPS) is 23.0. The van der Waals surface area contributed by atoms with Crippen LogP contribution in [0.4, 0.5) is 17.2 Å². The number of aromatic nitrogens is 3. The fourth-order valence-electron chi connectivity index (χ4n) is 5.34. The summed E-state index contributed by atoms with van der Waals surface area (Å²) in [6.07, 6.45) is 14.5. The average molecular weight is 405 g/mol. The quantitative estimate of drug-likeness (QED) is 0.563. The second-order valence-corrected chi connectivity index (χ2v) is 9.06. The molecule has 0 unspecified atom stereocenters. The van der Waals surface area contributed by atoms with Gasteiger partial charge in [0, 0.05) is 29.7 Å². The highest BCUT2D eigenvalue weighted by Gasteiger charge is 2.27. The molecule has 3 aromatic rings. The lowest BCUT2D eigenvalue weighted by Crippen LogP contribution is -2.26. The highest BCUT2D eigenvalue weighted by Crippen LogP contribution is 2.41. The molecular formula is C24H32N6. The number of nitrogens with two attached hydrogens (primary N) is 2. The first kappa shape index (κ1) is 19.4. The van der Waals surface area contributed by atoms with Gasteiger partial charge in [0.1, 0.15) is 5.82 Å². The first-order chi connectivity index (χ1) is 14.7. The monoisotopic (exact) mass is 404 g/mol. The van der Waals surface area contributed by atoms with Gasteiger partial charge in [-0.15, -0.1) is 5.10 Å². The summed E-state index contributed by atoms with van der Waals surface area (Å²) >= 11 is 0. The molecule has 0 spiro atoms. The van der Waals surface area contributed by atoms with Gasteiger partial charge in [-0.3, -0.25) is 0 Å². The Morgan fingerprint density at radius 3 is 2.37 bits per heavy atom. The van der Waals surface area contributed by atoms with Crippen LogP contribution in [0.2, 0.25) is 0 Å². The van der Waals surface area contributed by atoms with E-state index >= 15 is 0 Å². The molecule has 6 nitrogen and oxygen atoms in total. The van der Waals surface area contributed by atoms with Crippen molar-refractivity contribution in [3.05, 3.63) is 47.8 Å². The summed E-state index contributed by atoms with van der Waals surface area (Å²) < 4.78 is 1.77. The Labute approximate surface area is 178 Å². The Hall–Kier alpha value is -2.60. The maximum Gasteiger partial charge on any atom is 0.177 e. The molecule has 2 fully saturated rings. The van der Waals surface area contributed by atoms with E-state index in [9.17, 15) is 0 Å². The van der Waals surface area contributed by atoms with Crippen molar-refractivity contribution in [2.75, 3.05) is 11.1 Å². The predicted octanol–water partition coefficient (Wildman–Crippen LogP) is 5.09. The predicted molar refractivity (Wildman–Crippen MR) is 122 cm³/mol. The number of fused-ring (bicyclic) bond motifs is 1. The first-order valence-corrected chi connectivity index (χ1v) is 11.4. The number of anilines is 3. The van der Waals surface area contributed by atoms with Crippen molar-refractivity contribution in [1.82, 2.24) is 14.6 Å². The summed E-state index contributed by atoms with van der Waals surface area (Å²) in [5.41, 5.74) is 18.0. The van der Waals surface area contributed by atoms with Gasteiger partial charge in [-0.25, -0.2) is 9.50 Å². The van der Waals surface area contributed by atoms with E-state index in [-0.39, 0.29) is 0 Å². The molecule has 0 saturated heterocycles.